The molecule has 32 heavy (non-hydrogen) atoms. The van der Waals surface area contributed by atoms with Gasteiger partial charge < -0.3 is 21.2 Å². The van der Waals surface area contributed by atoms with Gasteiger partial charge in [0.2, 0.25) is 11.0 Å². The highest BCUT2D eigenvalue weighted by molar-refractivity contribution is 7.73. The average molecular weight is 464 g/mol. The molecule has 0 fully saturated rings. The first kappa shape index (κ1) is 21.8. The molecule has 9 heteroatoms. The van der Waals surface area contributed by atoms with Gasteiger partial charge in [-0.2, -0.15) is 0 Å². The molecule has 1 amide bonds. The zero-order chi connectivity index (χ0) is 22.6. The van der Waals surface area contributed by atoms with Crippen molar-refractivity contribution in [1.29, 1.82) is 0 Å². The molecule has 7 nitrogen and oxygen atoms in total. The number of rotatable bonds is 8. The maximum atomic E-state index is 13.4. The van der Waals surface area contributed by atoms with Crippen molar-refractivity contribution in [1.82, 2.24) is 15.5 Å². The Morgan fingerprint density at radius 1 is 1.12 bits per heavy atom. The molecular formula is C23H21N5O2S2. The highest BCUT2D eigenvalue weighted by atomic mass is 32.1. The predicted octanol–water partition coefficient (Wildman–Crippen LogP) is 3.50. The van der Waals surface area contributed by atoms with Gasteiger partial charge in [-0.3, -0.25) is 9.89 Å². The minimum Gasteiger partial charge on any atom is -0.350 e. The number of nitrogens with two attached hydrogens (primary N) is 1. The summed E-state index contributed by atoms with van der Waals surface area (Å²) < 4.78 is 0.441. The summed E-state index contributed by atoms with van der Waals surface area (Å²) in [6, 6.07) is 21.5. The van der Waals surface area contributed by atoms with Gasteiger partial charge in [-0.05, 0) is 34.1 Å². The highest BCUT2D eigenvalue weighted by Gasteiger charge is 2.42. The van der Waals surface area contributed by atoms with E-state index in [1.807, 2.05) is 48.5 Å². The molecule has 3 aromatic carbocycles. The summed E-state index contributed by atoms with van der Waals surface area (Å²) in [4.78, 5) is 25.6. The van der Waals surface area contributed by atoms with Crippen molar-refractivity contribution in [2.24, 2.45) is 5.73 Å². The van der Waals surface area contributed by atoms with Crippen molar-refractivity contribution in [3.05, 3.63) is 87.9 Å². The molecule has 0 saturated carbocycles. The molecular weight excluding hydrogens is 442 g/mol. The van der Waals surface area contributed by atoms with Crippen LogP contribution in [0.5, 0.6) is 0 Å². The Bertz CT molecular complexity index is 1300. The molecule has 0 aliphatic rings. The third kappa shape index (κ3) is 4.45. The molecule has 4 rings (SSSR count). The first-order valence-electron chi connectivity index (χ1n) is 9.88. The van der Waals surface area contributed by atoms with E-state index in [2.05, 4.69) is 20.8 Å². The van der Waals surface area contributed by atoms with Gasteiger partial charge in [0.1, 0.15) is 17.9 Å². The number of hydrogen-bond acceptors (Lipinski definition) is 7. The van der Waals surface area contributed by atoms with Crippen LogP contribution in [0.1, 0.15) is 11.1 Å². The van der Waals surface area contributed by atoms with Gasteiger partial charge in [-0.15, -0.1) is 5.10 Å². The number of amides is 1. The molecule has 4 aromatic rings. The molecule has 1 aromatic heterocycles. The van der Waals surface area contributed by atoms with Gasteiger partial charge in [0, 0.05) is 6.54 Å². The van der Waals surface area contributed by atoms with E-state index in [4.69, 9.17) is 18.0 Å². The second-order valence-electron chi connectivity index (χ2n) is 7.27. The van der Waals surface area contributed by atoms with Crippen LogP contribution in [0.15, 0.2) is 72.8 Å². The van der Waals surface area contributed by atoms with Crippen LogP contribution in [-0.4, -0.2) is 28.4 Å². The number of benzene rings is 3. The maximum Gasteiger partial charge on any atom is 0.245 e. The Morgan fingerprint density at radius 3 is 2.56 bits per heavy atom. The quantitative estimate of drug-likeness (QED) is 0.235. The average Bonchev–Trinajstić information content (AvgIpc) is 3.25. The molecule has 162 valence electrons. The Balaban J connectivity index is 1.65. The Labute approximate surface area is 193 Å². The number of anilines is 1. The normalized spacial score (nSPS) is 13.8. The monoisotopic (exact) mass is 463 g/mol. The zero-order valence-electron chi connectivity index (χ0n) is 16.9. The van der Waals surface area contributed by atoms with Crippen LogP contribution in [-0.2, 0) is 21.7 Å². The Morgan fingerprint density at radius 2 is 1.84 bits per heavy atom. The van der Waals surface area contributed by atoms with Crippen LogP contribution in [0.3, 0.4) is 0 Å². The molecule has 0 aliphatic heterocycles. The molecule has 0 bridgehead atoms. The Hall–Kier alpha value is -3.40. The lowest BCUT2D eigenvalue weighted by molar-refractivity contribution is -0.126. The number of fused-ring (bicyclic) bond motifs is 1. The SMILES string of the molecule is NC(C=O)(c1ccccc1)C(Nc1n[nH]c(=S)s1)C(=O)NCc1cccc2ccccc12. The molecule has 0 radical (unpaired) electrons. The van der Waals surface area contributed by atoms with Crippen molar-refractivity contribution in [3.8, 4) is 0 Å². The number of aromatic nitrogens is 2. The smallest absolute Gasteiger partial charge is 0.245 e. The molecule has 0 spiro atoms. The van der Waals surface area contributed by atoms with E-state index < -0.39 is 17.5 Å². The van der Waals surface area contributed by atoms with E-state index >= 15 is 0 Å². The molecule has 0 aliphatic carbocycles. The van der Waals surface area contributed by atoms with Crippen LogP contribution < -0.4 is 16.4 Å². The van der Waals surface area contributed by atoms with Gasteiger partial charge in [0.25, 0.3) is 0 Å². The Kier molecular flexibility index (Phi) is 6.40. The number of nitrogens with zero attached hydrogens (tertiary/aromatic N) is 1. The number of carbonyl (C=O) groups is 2. The van der Waals surface area contributed by atoms with Crippen LogP contribution in [0, 0.1) is 3.95 Å². The van der Waals surface area contributed by atoms with Gasteiger partial charge in [0.15, 0.2) is 3.95 Å². The lowest BCUT2D eigenvalue weighted by Crippen LogP contribution is -2.59. The van der Waals surface area contributed by atoms with Crippen molar-refractivity contribution in [3.63, 3.8) is 0 Å². The summed E-state index contributed by atoms with van der Waals surface area (Å²) in [5.74, 6) is -0.433. The minimum absolute atomic E-state index is 0.276. The molecule has 2 unspecified atom stereocenters. The first-order valence-corrected chi connectivity index (χ1v) is 11.1. The first-order chi connectivity index (χ1) is 15.5. The lowest BCUT2D eigenvalue weighted by atomic mass is 9.84. The van der Waals surface area contributed by atoms with E-state index in [0.717, 1.165) is 27.7 Å². The fraction of sp³-hybridized carbons (Fsp3) is 0.130. The fourth-order valence-corrected chi connectivity index (χ4v) is 4.39. The van der Waals surface area contributed by atoms with Gasteiger partial charge in [-0.25, -0.2) is 0 Å². The third-order valence-corrected chi connectivity index (χ3v) is 6.27. The van der Waals surface area contributed by atoms with E-state index in [1.165, 1.54) is 0 Å². The zero-order valence-corrected chi connectivity index (χ0v) is 18.6. The molecule has 2 atom stereocenters. The van der Waals surface area contributed by atoms with Crippen molar-refractivity contribution < 1.29 is 9.59 Å². The van der Waals surface area contributed by atoms with Crippen LogP contribution in [0.2, 0.25) is 0 Å². The lowest BCUT2D eigenvalue weighted by Gasteiger charge is -2.32. The number of carbonyl (C=O) groups excluding carboxylic acids is 2. The van der Waals surface area contributed by atoms with Crippen molar-refractivity contribution in [2.75, 3.05) is 5.32 Å². The van der Waals surface area contributed by atoms with E-state index in [0.29, 0.717) is 20.9 Å². The summed E-state index contributed by atoms with van der Waals surface area (Å²) >= 11 is 6.24. The highest BCUT2D eigenvalue weighted by Crippen LogP contribution is 2.25. The second kappa shape index (κ2) is 9.39. The summed E-state index contributed by atoms with van der Waals surface area (Å²) in [6.07, 6.45) is 0.587. The summed E-state index contributed by atoms with van der Waals surface area (Å²) in [5.41, 5.74) is 6.36. The second-order valence-corrected chi connectivity index (χ2v) is 8.93. The number of aldehydes is 1. The minimum atomic E-state index is -1.63. The van der Waals surface area contributed by atoms with Gasteiger partial charge in [-0.1, -0.05) is 84.1 Å². The maximum absolute atomic E-state index is 13.4. The largest absolute Gasteiger partial charge is 0.350 e. The summed E-state index contributed by atoms with van der Waals surface area (Å²) in [6.45, 7) is 0.276. The van der Waals surface area contributed by atoms with Crippen LogP contribution in [0.25, 0.3) is 10.8 Å². The van der Waals surface area contributed by atoms with E-state index in [9.17, 15) is 9.59 Å². The van der Waals surface area contributed by atoms with E-state index in [1.54, 1.807) is 24.3 Å². The van der Waals surface area contributed by atoms with Gasteiger partial charge in [0.05, 0.1) is 0 Å². The third-order valence-electron chi connectivity index (χ3n) is 5.25. The summed E-state index contributed by atoms with van der Waals surface area (Å²) in [5, 5.41) is 15.1. The van der Waals surface area contributed by atoms with Gasteiger partial charge >= 0.3 is 0 Å². The van der Waals surface area contributed by atoms with Crippen molar-refractivity contribution >= 4 is 51.7 Å². The molecule has 5 N–H and O–H groups in total. The molecule has 1 heterocycles. The van der Waals surface area contributed by atoms with Crippen LogP contribution >= 0.6 is 23.6 Å². The number of H-pyrrole nitrogens is 1. The number of hydrogen-bond donors (Lipinski definition) is 4. The number of nitrogens with one attached hydrogen (secondary N) is 3. The van der Waals surface area contributed by atoms with Crippen molar-refractivity contribution in [2.45, 2.75) is 18.1 Å². The van der Waals surface area contributed by atoms with Crippen LogP contribution in [0.4, 0.5) is 5.13 Å². The number of aromatic amines is 1. The van der Waals surface area contributed by atoms with E-state index in [-0.39, 0.29) is 6.54 Å². The predicted molar refractivity (Wildman–Crippen MR) is 129 cm³/mol. The summed E-state index contributed by atoms with van der Waals surface area (Å²) in [7, 11) is 0. The fourth-order valence-electron chi connectivity index (χ4n) is 3.58. The topological polar surface area (TPSA) is 113 Å². The molecule has 0 saturated heterocycles. The standard InChI is InChI=1S/C23H21N5O2S2/c24-23(14-29,17-10-2-1-3-11-17)19(26-21-27-28-22(31)32-21)20(30)25-13-16-9-6-8-15-7-4-5-12-18(15)16/h1-12,14,19H,13,24H2,(H,25,30)(H,26,27)(H,28,31).